The second kappa shape index (κ2) is 10.2. The molecule has 3 N–H and O–H groups in total. The second-order valence-corrected chi connectivity index (χ2v) is 8.20. The Morgan fingerprint density at radius 3 is 2.07 bits per heavy atom. The first-order chi connectivity index (χ1) is 13.0. The summed E-state index contributed by atoms with van der Waals surface area (Å²) in [7, 11) is 1.46. The number of amides is 2. The van der Waals surface area contributed by atoms with Crippen LogP contribution in [-0.2, 0) is 19.7 Å². The van der Waals surface area contributed by atoms with Crippen LogP contribution in [0.4, 0.5) is 0 Å². The fourth-order valence-electron chi connectivity index (χ4n) is 2.64. The third-order valence-electron chi connectivity index (χ3n) is 4.47. The Morgan fingerprint density at radius 1 is 1.07 bits per heavy atom. The predicted molar refractivity (Wildman–Crippen MR) is 107 cm³/mol. The summed E-state index contributed by atoms with van der Waals surface area (Å²) < 4.78 is 4.88. The molecule has 28 heavy (non-hydrogen) atoms. The number of carboxylic acid groups (broad SMARTS) is 1. The van der Waals surface area contributed by atoms with Crippen molar-refractivity contribution in [3.8, 4) is 0 Å². The Morgan fingerprint density at radius 2 is 1.64 bits per heavy atom. The van der Waals surface area contributed by atoms with Gasteiger partial charge < -0.3 is 20.5 Å². The highest BCUT2D eigenvalue weighted by atomic mass is 16.5. The summed E-state index contributed by atoms with van der Waals surface area (Å²) in [6, 6.07) is 5.32. The fourth-order valence-corrected chi connectivity index (χ4v) is 2.64. The number of rotatable bonds is 9. The molecule has 1 aromatic rings. The van der Waals surface area contributed by atoms with Crippen molar-refractivity contribution in [2.45, 2.75) is 58.5 Å². The molecule has 156 valence electrons. The summed E-state index contributed by atoms with van der Waals surface area (Å²) in [5, 5.41) is 14.5. The molecule has 0 aliphatic carbocycles. The lowest BCUT2D eigenvalue weighted by atomic mass is 9.86. The van der Waals surface area contributed by atoms with E-state index in [9.17, 15) is 19.5 Å². The van der Waals surface area contributed by atoms with Crippen LogP contribution in [0.3, 0.4) is 0 Å². The zero-order valence-electron chi connectivity index (χ0n) is 17.5. The average molecular weight is 392 g/mol. The predicted octanol–water partition coefficient (Wildman–Crippen LogP) is 2.34. The molecule has 0 saturated carbocycles. The van der Waals surface area contributed by atoms with Crippen molar-refractivity contribution in [2.24, 2.45) is 5.92 Å². The zero-order valence-corrected chi connectivity index (χ0v) is 17.5. The maximum atomic E-state index is 12.6. The van der Waals surface area contributed by atoms with E-state index in [0.29, 0.717) is 5.56 Å². The van der Waals surface area contributed by atoms with Gasteiger partial charge in [-0.1, -0.05) is 46.8 Å². The van der Waals surface area contributed by atoms with Gasteiger partial charge in [0.15, 0.2) is 0 Å². The molecule has 2 unspecified atom stereocenters. The van der Waals surface area contributed by atoms with E-state index in [0.717, 1.165) is 5.56 Å². The minimum Gasteiger partial charge on any atom is -0.480 e. The molecule has 7 heteroatoms. The summed E-state index contributed by atoms with van der Waals surface area (Å²) in [6.45, 7) is 10.0. The molecule has 2 amide bonds. The third kappa shape index (κ3) is 6.96. The SMILES string of the molecule is COCCC(NC(=O)C(NC(=O)c1ccc(C(C)(C)C)cc1)C(C)C)C(=O)O. The van der Waals surface area contributed by atoms with Crippen molar-refractivity contribution in [1.29, 1.82) is 0 Å². The van der Waals surface area contributed by atoms with E-state index in [-0.39, 0.29) is 30.3 Å². The molecular weight excluding hydrogens is 360 g/mol. The van der Waals surface area contributed by atoms with Crippen molar-refractivity contribution in [3.63, 3.8) is 0 Å². The van der Waals surface area contributed by atoms with Gasteiger partial charge in [-0.05, 0) is 29.0 Å². The summed E-state index contributed by atoms with van der Waals surface area (Å²) in [4.78, 5) is 36.5. The summed E-state index contributed by atoms with van der Waals surface area (Å²) in [5.41, 5.74) is 1.52. The third-order valence-corrected chi connectivity index (χ3v) is 4.47. The molecule has 7 nitrogen and oxygen atoms in total. The van der Waals surface area contributed by atoms with Crippen LogP contribution in [0.5, 0.6) is 0 Å². The topological polar surface area (TPSA) is 105 Å². The molecule has 0 aliphatic rings. The maximum absolute atomic E-state index is 12.6. The number of carbonyl (C=O) groups excluding carboxylic acids is 2. The Kier molecular flexibility index (Phi) is 8.63. The van der Waals surface area contributed by atoms with Crippen LogP contribution in [0, 0.1) is 5.92 Å². The molecule has 2 atom stereocenters. The van der Waals surface area contributed by atoms with E-state index in [1.165, 1.54) is 7.11 Å². The largest absolute Gasteiger partial charge is 0.480 e. The maximum Gasteiger partial charge on any atom is 0.326 e. The Labute approximate surface area is 166 Å². The molecule has 0 radical (unpaired) electrons. The standard InChI is InChI=1S/C21H32N2O5/c1-13(2)17(19(25)22-16(20(26)27)11-12-28-6)23-18(24)14-7-9-15(10-8-14)21(3,4)5/h7-10,13,16-17H,11-12H2,1-6H3,(H,22,25)(H,23,24)(H,26,27). The molecule has 0 spiro atoms. The molecule has 0 aliphatic heterocycles. The highest BCUT2D eigenvalue weighted by Crippen LogP contribution is 2.22. The molecule has 0 aromatic heterocycles. The van der Waals surface area contributed by atoms with E-state index >= 15 is 0 Å². The molecule has 0 saturated heterocycles. The van der Waals surface area contributed by atoms with E-state index < -0.39 is 24.0 Å². The van der Waals surface area contributed by atoms with E-state index in [1.54, 1.807) is 26.0 Å². The van der Waals surface area contributed by atoms with Gasteiger partial charge >= 0.3 is 5.97 Å². The van der Waals surface area contributed by atoms with Crippen molar-refractivity contribution >= 4 is 17.8 Å². The quantitative estimate of drug-likeness (QED) is 0.598. The van der Waals surface area contributed by atoms with Crippen LogP contribution < -0.4 is 10.6 Å². The van der Waals surface area contributed by atoms with Gasteiger partial charge in [0, 0.05) is 25.7 Å². The van der Waals surface area contributed by atoms with Crippen LogP contribution in [0.1, 0.15) is 57.0 Å². The van der Waals surface area contributed by atoms with Gasteiger partial charge in [-0.3, -0.25) is 9.59 Å². The Bertz CT molecular complexity index is 677. The van der Waals surface area contributed by atoms with Crippen molar-refractivity contribution in [3.05, 3.63) is 35.4 Å². The van der Waals surface area contributed by atoms with Crippen molar-refractivity contribution in [1.82, 2.24) is 10.6 Å². The van der Waals surface area contributed by atoms with E-state index in [4.69, 9.17) is 4.74 Å². The number of ether oxygens (including phenoxy) is 1. The lowest BCUT2D eigenvalue weighted by molar-refractivity contribution is -0.142. The lowest BCUT2D eigenvalue weighted by Gasteiger charge is -2.24. The van der Waals surface area contributed by atoms with Gasteiger partial charge in [0.2, 0.25) is 5.91 Å². The molecule has 0 heterocycles. The number of aliphatic carboxylic acids is 1. The number of hydrogen-bond acceptors (Lipinski definition) is 4. The molecule has 1 rings (SSSR count). The van der Waals surface area contributed by atoms with Crippen LogP contribution in [0.15, 0.2) is 24.3 Å². The normalized spacial score (nSPS) is 13.7. The molecule has 0 fully saturated rings. The van der Waals surface area contributed by atoms with Crippen LogP contribution >= 0.6 is 0 Å². The highest BCUT2D eigenvalue weighted by Gasteiger charge is 2.29. The zero-order chi connectivity index (χ0) is 21.5. The van der Waals surface area contributed by atoms with E-state index in [1.807, 2.05) is 12.1 Å². The number of carboxylic acids is 1. The first-order valence-corrected chi connectivity index (χ1v) is 9.41. The molecule has 0 bridgehead atoms. The van der Waals surface area contributed by atoms with Gasteiger partial charge in [-0.2, -0.15) is 0 Å². The average Bonchev–Trinajstić information content (AvgIpc) is 2.61. The smallest absolute Gasteiger partial charge is 0.326 e. The van der Waals surface area contributed by atoms with Crippen LogP contribution in [0.2, 0.25) is 0 Å². The number of benzene rings is 1. The second-order valence-electron chi connectivity index (χ2n) is 8.20. The minimum absolute atomic E-state index is 0.0244. The van der Waals surface area contributed by atoms with Gasteiger partial charge in [0.1, 0.15) is 12.1 Å². The van der Waals surface area contributed by atoms with Crippen LogP contribution in [-0.4, -0.2) is 48.7 Å². The van der Waals surface area contributed by atoms with Gasteiger partial charge in [0.25, 0.3) is 5.91 Å². The molecule has 1 aromatic carbocycles. The summed E-state index contributed by atoms with van der Waals surface area (Å²) in [5.74, 6) is -2.26. The lowest BCUT2D eigenvalue weighted by Crippen LogP contribution is -2.53. The minimum atomic E-state index is -1.14. The fraction of sp³-hybridized carbons (Fsp3) is 0.571. The monoisotopic (exact) mass is 392 g/mol. The number of carbonyl (C=O) groups is 3. The number of hydrogen-bond donors (Lipinski definition) is 3. The van der Waals surface area contributed by atoms with Crippen LogP contribution in [0.25, 0.3) is 0 Å². The van der Waals surface area contributed by atoms with Crippen molar-refractivity contribution < 1.29 is 24.2 Å². The Hall–Kier alpha value is -2.41. The van der Waals surface area contributed by atoms with E-state index in [2.05, 4.69) is 31.4 Å². The first kappa shape index (κ1) is 23.6. The summed E-state index contributed by atoms with van der Waals surface area (Å²) in [6.07, 6.45) is 0.143. The highest BCUT2D eigenvalue weighted by molar-refractivity contribution is 5.98. The van der Waals surface area contributed by atoms with Gasteiger partial charge in [-0.15, -0.1) is 0 Å². The van der Waals surface area contributed by atoms with Crippen molar-refractivity contribution in [2.75, 3.05) is 13.7 Å². The summed E-state index contributed by atoms with van der Waals surface area (Å²) >= 11 is 0. The van der Waals surface area contributed by atoms with Gasteiger partial charge in [-0.25, -0.2) is 4.79 Å². The molecular formula is C21H32N2O5. The number of nitrogens with one attached hydrogen (secondary N) is 2. The number of methoxy groups -OCH3 is 1. The first-order valence-electron chi connectivity index (χ1n) is 9.41. The van der Waals surface area contributed by atoms with Gasteiger partial charge in [0.05, 0.1) is 0 Å². The Balaban J connectivity index is 2.86.